The van der Waals surface area contributed by atoms with Crippen LogP contribution in [0.2, 0.25) is 0 Å². The third-order valence-electron chi connectivity index (χ3n) is 1.10. The Morgan fingerprint density at radius 2 is 1.35 bits per heavy atom. The van der Waals surface area contributed by atoms with E-state index in [1.54, 1.807) is 0 Å². The number of nitrogens with two attached hydrogens (primary N) is 2. The zero-order chi connectivity index (χ0) is 14.8. The summed E-state index contributed by atoms with van der Waals surface area (Å²) in [6.45, 7) is 4.01. The molecule has 0 radical (unpaired) electrons. The normalized spacial score (nSPS) is 10.9. The Balaban J connectivity index is -0.0000000492. The number of hydrogen-bond donors (Lipinski definition) is 2. The molecule has 0 atom stereocenters. The summed E-state index contributed by atoms with van der Waals surface area (Å²) in [6, 6.07) is 0. The standard InChI is InChI=1S/C4H11NO3S.C3H9NO4S.2Na.2H/c1-4(2)3-8-9(5,6)7;1-7-2-3-8-9(4,5)6;;;;/h4H,3H2,1-2H3,(H2,5,6,7);2-3H2,1H3,(H2,4,5,6);;;;/q;;2*+1;2*-1. The maximum atomic E-state index is 10.1. The van der Waals surface area contributed by atoms with E-state index in [2.05, 4.69) is 23.4 Å². The molecule has 0 rings (SSSR count). The molecule has 13 heteroatoms. The summed E-state index contributed by atoms with van der Waals surface area (Å²) >= 11 is 0. The molecule has 20 heavy (non-hydrogen) atoms. The first kappa shape index (κ1) is 29.7. The van der Waals surface area contributed by atoms with Crippen LogP contribution in [-0.2, 0) is 33.7 Å². The Morgan fingerprint density at radius 3 is 1.55 bits per heavy atom. The molecule has 0 fully saturated rings. The van der Waals surface area contributed by atoms with Crippen molar-refractivity contribution in [2.75, 3.05) is 26.9 Å². The van der Waals surface area contributed by atoms with Crippen LogP contribution in [0.15, 0.2) is 0 Å². The Labute approximate surface area is 168 Å². The molecule has 0 spiro atoms. The summed E-state index contributed by atoms with van der Waals surface area (Å²) in [6.07, 6.45) is 0. The van der Waals surface area contributed by atoms with Crippen LogP contribution in [0.25, 0.3) is 0 Å². The van der Waals surface area contributed by atoms with E-state index < -0.39 is 20.6 Å². The van der Waals surface area contributed by atoms with E-state index in [-0.39, 0.29) is 87.7 Å². The van der Waals surface area contributed by atoms with Crippen molar-refractivity contribution in [1.29, 1.82) is 0 Å². The van der Waals surface area contributed by atoms with Crippen molar-refractivity contribution in [3.63, 3.8) is 0 Å². The third-order valence-corrected chi connectivity index (χ3v) is 2.06. The molecule has 4 N–H and O–H groups in total. The van der Waals surface area contributed by atoms with Crippen LogP contribution in [0.1, 0.15) is 16.7 Å². The van der Waals surface area contributed by atoms with Crippen molar-refractivity contribution < 1.29 is 91.9 Å². The van der Waals surface area contributed by atoms with Crippen LogP contribution in [0.4, 0.5) is 0 Å². The van der Waals surface area contributed by atoms with Gasteiger partial charge in [0.1, 0.15) is 0 Å². The summed E-state index contributed by atoms with van der Waals surface area (Å²) < 4.78 is 53.0. The Kier molecular flexibility index (Phi) is 23.1. The van der Waals surface area contributed by atoms with Crippen molar-refractivity contribution in [3.8, 4) is 0 Å². The number of rotatable bonds is 7. The topological polar surface area (TPSA) is 148 Å². The van der Waals surface area contributed by atoms with Crippen LogP contribution < -0.4 is 69.4 Å². The van der Waals surface area contributed by atoms with Gasteiger partial charge in [-0.2, -0.15) is 16.8 Å². The minimum Gasteiger partial charge on any atom is -1.00 e. The van der Waals surface area contributed by atoms with Gasteiger partial charge in [0.25, 0.3) is 0 Å². The van der Waals surface area contributed by atoms with E-state index in [1.807, 2.05) is 13.8 Å². The monoisotopic (exact) mass is 356 g/mol. The fraction of sp³-hybridized carbons (Fsp3) is 1.00. The van der Waals surface area contributed by atoms with Gasteiger partial charge in [0.2, 0.25) is 0 Å². The molecule has 0 aromatic carbocycles. The zero-order valence-corrected chi connectivity index (χ0v) is 18.2. The SMILES string of the molecule is CC(C)COS(N)(=O)=O.COCCOS(N)(=O)=O.[H-].[H-].[Na+].[Na+]. The van der Waals surface area contributed by atoms with Gasteiger partial charge in [-0.3, -0.25) is 8.37 Å². The molecule has 0 aliphatic carbocycles. The maximum absolute atomic E-state index is 10.1. The molecule has 0 unspecified atom stereocenters. The van der Waals surface area contributed by atoms with Crippen LogP contribution in [0.5, 0.6) is 0 Å². The van der Waals surface area contributed by atoms with E-state index in [0.29, 0.717) is 0 Å². The van der Waals surface area contributed by atoms with Gasteiger partial charge in [-0.25, -0.2) is 10.3 Å². The summed E-state index contributed by atoms with van der Waals surface area (Å²) in [5.41, 5.74) is 0. The van der Waals surface area contributed by atoms with Crippen LogP contribution in [0, 0.1) is 5.92 Å². The molecular formula is C7H22N2Na2O7S2. The van der Waals surface area contributed by atoms with Gasteiger partial charge in [0, 0.05) is 7.11 Å². The quantitative estimate of drug-likeness (QED) is 0.340. The summed E-state index contributed by atoms with van der Waals surface area (Å²) in [7, 11) is -6.06. The van der Waals surface area contributed by atoms with Crippen LogP contribution in [0.3, 0.4) is 0 Å². The second kappa shape index (κ2) is 15.6. The van der Waals surface area contributed by atoms with Crippen molar-refractivity contribution in [2.45, 2.75) is 13.8 Å². The van der Waals surface area contributed by atoms with Gasteiger partial charge in [-0.1, -0.05) is 13.8 Å². The van der Waals surface area contributed by atoms with Crippen molar-refractivity contribution in [3.05, 3.63) is 0 Å². The van der Waals surface area contributed by atoms with E-state index >= 15 is 0 Å². The summed E-state index contributed by atoms with van der Waals surface area (Å²) in [4.78, 5) is 0. The smallest absolute Gasteiger partial charge is 1.00 e. The van der Waals surface area contributed by atoms with E-state index in [4.69, 9.17) is 0 Å². The van der Waals surface area contributed by atoms with E-state index in [9.17, 15) is 16.8 Å². The fourth-order valence-electron chi connectivity index (χ4n) is 0.464. The molecule has 0 aromatic heterocycles. The number of ether oxygens (including phenoxy) is 1. The molecule has 0 saturated heterocycles. The first-order valence-electron chi connectivity index (χ1n) is 4.81. The predicted octanol–water partition coefficient (Wildman–Crippen LogP) is -7.05. The minimum absolute atomic E-state index is 0. The molecule has 0 aliphatic rings. The molecule has 0 heterocycles. The van der Waals surface area contributed by atoms with Gasteiger partial charge in [-0.15, -0.1) is 0 Å². The van der Waals surface area contributed by atoms with Gasteiger partial charge >= 0.3 is 79.7 Å². The zero-order valence-electron chi connectivity index (χ0n) is 14.5. The average molecular weight is 356 g/mol. The summed E-state index contributed by atoms with van der Waals surface area (Å²) in [5, 5.41) is 9.00. The number of methoxy groups -OCH3 is 1. The third kappa shape index (κ3) is 36.7. The van der Waals surface area contributed by atoms with Crippen LogP contribution in [-0.4, -0.2) is 43.8 Å². The molecule has 0 saturated carbocycles. The summed E-state index contributed by atoms with van der Waals surface area (Å²) in [5.74, 6) is 0.184. The van der Waals surface area contributed by atoms with Gasteiger partial charge in [0.15, 0.2) is 0 Å². The van der Waals surface area contributed by atoms with Crippen molar-refractivity contribution in [2.24, 2.45) is 16.2 Å². The fourth-order valence-corrected chi connectivity index (χ4v) is 1.23. The molecule has 0 amide bonds. The van der Waals surface area contributed by atoms with Gasteiger partial charge < -0.3 is 7.59 Å². The van der Waals surface area contributed by atoms with Gasteiger partial charge in [0.05, 0.1) is 19.8 Å². The predicted molar refractivity (Wildman–Crippen MR) is 67.1 cm³/mol. The minimum atomic E-state index is -3.78. The molecule has 0 bridgehead atoms. The van der Waals surface area contributed by atoms with Crippen LogP contribution >= 0.6 is 0 Å². The first-order valence-corrected chi connectivity index (χ1v) is 7.75. The van der Waals surface area contributed by atoms with Crippen molar-refractivity contribution in [1.82, 2.24) is 0 Å². The van der Waals surface area contributed by atoms with E-state index in [1.165, 1.54) is 7.11 Å². The average Bonchev–Trinajstić information content (AvgIpc) is 2.13. The second-order valence-corrected chi connectivity index (χ2v) is 5.92. The van der Waals surface area contributed by atoms with Crippen molar-refractivity contribution >= 4 is 20.6 Å². The Bertz CT molecular complexity index is 409. The molecule has 116 valence electrons. The molecule has 9 nitrogen and oxygen atoms in total. The maximum Gasteiger partial charge on any atom is 1.00 e. The Morgan fingerprint density at radius 1 is 0.950 bits per heavy atom. The largest absolute Gasteiger partial charge is 1.00 e. The first-order chi connectivity index (χ1) is 7.98. The molecule has 0 aromatic rings. The van der Waals surface area contributed by atoms with E-state index in [0.717, 1.165) is 0 Å². The second-order valence-electron chi connectivity index (χ2n) is 3.48. The molecule has 0 aliphatic heterocycles. The Hall–Kier alpha value is 1.70. The van der Waals surface area contributed by atoms with Gasteiger partial charge in [-0.05, 0) is 5.92 Å². The molecular weight excluding hydrogens is 334 g/mol. The number of hydrogen-bond acceptors (Lipinski definition) is 7.